The maximum absolute atomic E-state index is 10.2. The summed E-state index contributed by atoms with van der Waals surface area (Å²) >= 11 is 0.755. The van der Waals surface area contributed by atoms with Crippen LogP contribution in [0.25, 0.3) is 0 Å². The molecule has 0 fully saturated rings. The molecule has 0 aromatic carbocycles. The zero-order chi connectivity index (χ0) is 22.2. The first-order valence-electron chi connectivity index (χ1n) is 12.6. The Morgan fingerprint density at radius 3 is 1.55 bits per heavy atom. The largest absolute Gasteiger partial charge is 0.550 e. The third-order valence-electron chi connectivity index (χ3n) is 4.92. The maximum atomic E-state index is 10.2. The number of hydrogen-bond acceptors (Lipinski definition) is 2. The molecule has 0 aromatic heterocycles. The molecule has 0 saturated heterocycles. The molecule has 0 spiro atoms. The fourth-order valence-corrected chi connectivity index (χ4v) is 4.63. The molecule has 0 saturated carbocycles. The van der Waals surface area contributed by atoms with Crippen LogP contribution < -0.4 is 5.11 Å². The predicted octanol–water partition coefficient (Wildman–Crippen LogP) is 7.61. The average Bonchev–Trinajstić information content (AvgIpc) is 2.64. The van der Waals surface area contributed by atoms with Crippen LogP contribution in [0.2, 0.25) is 10.6 Å². The number of unbranched alkanes of at least 4 members (excludes halogenated alkanes) is 11. The van der Waals surface area contributed by atoms with E-state index in [1.807, 2.05) is 0 Å². The first-order chi connectivity index (χ1) is 13.9. The van der Waals surface area contributed by atoms with Gasteiger partial charge >= 0.3 is 65.3 Å². The van der Waals surface area contributed by atoms with Gasteiger partial charge in [0.15, 0.2) is 0 Å². The molecule has 29 heavy (non-hydrogen) atoms. The quantitative estimate of drug-likeness (QED) is 0.122. The van der Waals surface area contributed by atoms with Gasteiger partial charge in [0.25, 0.3) is 0 Å². The molecule has 0 amide bonds. The Morgan fingerprint density at radius 1 is 0.724 bits per heavy atom. The van der Waals surface area contributed by atoms with Crippen molar-refractivity contribution in [3.63, 3.8) is 0 Å². The zero-order valence-electron chi connectivity index (χ0n) is 20.5. The molecule has 0 heterocycles. The fraction of sp³-hybridized carbons (Fsp3) is 0.885. The normalized spacial score (nSPS) is 11.0. The van der Waals surface area contributed by atoms with Crippen LogP contribution >= 0.6 is 0 Å². The molecule has 0 aliphatic heterocycles. The van der Waals surface area contributed by atoms with E-state index in [0.717, 1.165) is 46.3 Å². The van der Waals surface area contributed by atoms with Crippen LogP contribution in [-0.4, -0.2) is 21.2 Å². The zero-order valence-corrected chi connectivity index (χ0v) is 21.7. The summed E-state index contributed by atoms with van der Waals surface area (Å²) in [6.45, 7) is 11.5. The second kappa shape index (κ2) is 25.8. The van der Waals surface area contributed by atoms with Crippen LogP contribution in [0.4, 0.5) is 0 Å². The van der Waals surface area contributed by atoms with E-state index >= 15 is 0 Å². The molecule has 0 aliphatic carbocycles. The van der Waals surface area contributed by atoms with Gasteiger partial charge in [-0.15, -0.1) is 0 Å². The Kier molecular flexibility index (Phi) is 27.5. The first-order valence-corrected chi connectivity index (χ1v) is 14.2. The van der Waals surface area contributed by atoms with Crippen molar-refractivity contribution < 1.29 is 9.90 Å². The van der Waals surface area contributed by atoms with Gasteiger partial charge in [-0.2, -0.15) is 0 Å². The molecule has 0 unspecified atom stereocenters. The molecular weight excluding hydrogens is 371 g/mol. The smallest absolute Gasteiger partial charge is 0.0414 e. The minimum absolute atomic E-state index is 0.220. The Bertz CT molecular complexity index is 343. The van der Waals surface area contributed by atoms with Crippen molar-refractivity contribution >= 4 is 21.2 Å². The van der Waals surface area contributed by atoms with Crippen molar-refractivity contribution in [2.75, 3.05) is 0 Å². The molecule has 2 nitrogen and oxygen atoms in total. The minimum atomic E-state index is -0.914. The molecule has 0 rings (SSSR count). The van der Waals surface area contributed by atoms with Crippen molar-refractivity contribution in [2.45, 2.75) is 135 Å². The van der Waals surface area contributed by atoms with E-state index in [-0.39, 0.29) is 6.42 Å². The molecule has 0 bridgehead atoms. The number of aliphatic carboxylic acids is 1. The van der Waals surface area contributed by atoms with Crippen molar-refractivity contribution in [3.05, 3.63) is 12.2 Å². The molecule has 0 N–H and O–H groups in total. The van der Waals surface area contributed by atoms with Gasteiger partial charge in [0.05, 0.1) is 0 Å². The van der Waals surface area contributed by atoms with Gasteiger partial charge in [-0.05, 0) is 38.5 Å². The number of carbonyl (C=O) groups is 1. The van der Waals surface area contributed by atoms with Crippen molar-refractivity contribution in [3.8, 4) is 0 Å². The molecule has 0 atom stereocenters. The third-order valence-corrected chi connectivity index (χ3v) is 7.47. The SMILES string of the molecule is CC(C)[CH2][Al+][CH2]C(C)C.CCCCCCCCC=CCCCCCCCC(=O)[O-]. The van der Waals surface area contributed by atoms with E-state index in [4.69, 9.17) is 0 Å². The van der Waals surface area contributed by atoms with E-state index in [2.05, 4.69) is 46.8 Å². The van der Waals surface area contributed by atoms with Gasteiger partial charge in [-0.25, -0.2) is 0 Å². The molecule has 0 aromatic rings. The van der Waals surface area contributed by atoms with Crippen LogP contribution in [0.1, 0.15) is 125 Å². The summed E-state index contributed by atoms with van der Waals surface area (Å²) in [6.07, 6.45) is 20.9. The van der Waals surface area contributed by atoms with E-state index in [1.165, 1.54) is 74.8 Å². The van der Waals surface area contributed by atoms with Crippen molar-refractivity contribution in [2.24, 2.45) is 11.8 Å². The number of allylic oxidation sites excluding steroid dienone is 2. The number of rotatable bonds is 19. The van der Waals surface area contributed by atoms with Crippen LogP contribution in [0, 0.1) is 11.8 Å². The van der Waals surface area contributed by atoms with Crippen molar-refractivity contribution in [1.82, 2.24) is 0 Å². The fourth-order valence-electron chi connectivity index (χ4n) is 3.10. The first kappa shape index (κ1) is 30.9. The molecule has 170 valence electrons. The number of hydrogen-bond donors (Lipinski definition) is 0. The van der Waals surface area contributed by atoms with Crippen molar-refractivity contribution in [1.29, 1.82) is 0 Å². The standard InChI is InChI=1S/C18H34O2.2C4H9.Al/c1-2-3-4-5-6-7-8-9-10-11-12-13-14-15-16-17-18(19)20;2*1-4(2)3;/h9-10H,2-8,11-17H2,1H3,(H,19,20);2*4H,1H2,2-3H3;/q;;;+1/p-1. The molecule has 0 aliphatic rings. The van der Waals surface area contributed by atoms with E-state index in [9.17, 15) is 9.90 Å². The summed E-state index contributed by atoms with van der Waals surface area (Å²) in [5, 5.41) is 13.2. The second-order valence-corrected chi connectivity index (χ2v) is 10.8. The summed E-state index contributed by atoms with van der Waals surface area (Å²) < 4.78 is 0. The Balaban J connectivity index is 0. The monoisotopic (exact) mass is 422 g/mol. The van der Waals surface area contributed by atoms with Crippen LogP contribution in [0.5, 0.6) is 0 Å². The molecule has 3 heteroatoms. The Labute approximate surface area is 190 Å². The van der Waals surface area contributed by atoms with E-state index < -0.39 is 5.97 Å². The number of carbonyl (C=O) groups excluding carboxylic acids is 1. The van der Waals surface area contributed by atoms with E-state index in [0.29, 0.717) is 0 Å². The Morgan fingerprint density at radius 2 is 1.14 bits per heavy atom. The Hall–Kier alpha value is -0.258. The van der Waals surface area contributed by atoms with Crippen LogP contribution in [0.15, 0.2) is 12.2 Å². The van der Waals surface area contributed by atoms with Gasteiger partial charge in [0, 0.05) is 5.97 Å². The summed E-state index contributed by atoms with van der Waals surface area (Å²) in [5.41, 5.74) is 0. The van der Waals surface area contributed by atoms with Gasteiger partial charge < -0.3 is 9.90 Å². The molecule has 0 radical (unpaired) electrons. The average molecular weight is 423 g/mol. The predicted molar refractivity (Wildman–Crippen MR) is 130 cm³/mol. The summed E-state index contributed by atoms with van der Waals surface area (Å²) in [7, 11) is 0. The summed E-state index contributed by atoms with van der Waals surface area (Å²) in [4.78, 5) is 10.2. The van der Waals surface area contributed by atoms with Crippen LogP contribution in [-0.2, 0) is 4.79 Å². The third kappa shape index (κ3) is 35.5. The summed E-state index contributed by atoms with van der Waals surface area (Å²) in [6, 6.07) is 0. The van der Waals surface area contributed by atoms with Gasteiger partial charge in [-0.1, -0.05) is 70.4 Å². The van der Waals surface area contributed by atoms with Gasteiger partial charge in [0.1, 0.15) is 0 Å². The topological polar surface area (TPSA) is 40.1 Å². The second-order valence-electron chi connectivity index (χ2n) is 9.25. The van der Waals surface area contributed by atoms with Crippen LogP contribution in [0.3, 0.4) is 0 Å². The summed E-state index contributed by atoms with van der Waals surface area (Å²) in [5.74, 6) is 0.945. The minimum Gasteiger partial charge on any atom is -0.550 e. The van der Waals surface area contributed by atoms with E-state index in [1.54, 1.807) is 0 Å². The maximum Gasteiger partial charge on any atom is 0.0414 e. The number of carboxylic acid groups (broad SMARTS) is 1. The molecular formula is C26H51AlO2. The number of carboxylic acids is 1. The van der Waals surface area contributed by atoms with Gasteiger partial charge in [-0.3, -0.25) is 0 Å². The van der Waals surface area contributed by atoms with Gasteiger partial charge in [0.2, 0.25) is 0 Å².